The second-order valence-corrected chi connectivity index (χ2v) is 2.85. The highest BCUT2D eigenvalue weighted by Gasteiger charge is 2.12. The van der Waals surface area contributed by atoms with E-state index in [0.29, 0.717) is 31.1 Å². The Morgan fingerprint density at radius 1 is 1.40 bits per heavy atom. The van der Waals surface area contributed by atoms with Gasteiger partial charge in [0.2, 0.25) is 0 Å². The fourth-order valence-electron chi connectivity index (χ4n) is 1.14. The van der Waals surface area contributed by atoms with Crippen molar-refractivity contribution in [3.63, 3.8) is 0 Å². The summed E-state index contributed by atoms with van der Waals surface area (Å²) >= 11 is 0. The summed E-state index contributed by atoms with van der Waals surface area (Å²) in [4.78, 5) is 11.5. The summed E-state index contributed by atoms with van der Waals surface area (Å²) in [7, 11) is 0. The van der Waals surface area contributed by atoms with E-state index in [9.17, 15) is 4.79 Å². The average molecular weight is 209 g/mol. The van der Waals surface area contributed by atoms with Crippen LogP contribution >= 0.6 is 0 Å². The maximum Gasteiger partial charge on any atom is 0.341 e. The van der Waals surface area contributed by atoms with E-state index in [0.717, 1.165) is 0 Å². The molecule has 4 heteroatoms. The number of carbonyl (C=O) groups excluding carboxylic acids is 1. The molecule has 1 rings (SSSR count). The van der Waals surface area contributed by atoms with Crippen molar-refractivity contribution in [2.45, 2.75) is 6.92 Å². The molecule has 0 fully saturated rings. The second-order valence-electron chi connectivity index (χ2n) is 2.85. The van der Waals surface area contributed by atoms with E-state index in [1.54, 1.807) is 31.2 Å². The number of esters is 1. The molecule has 82 valence electrons. The van der Waals surface area contributed by atoms with Crippen LogP contribution in [-0.2, 0) is 4.74 Å². The van der Waals surface area contributed by atoms with Crippen LogP contribution in [0.2, 0.25) is 0 Å². The van der Waals surface area contributed by atoms with Crippen molar-refractivity contribution in [2.75, 3.05) is 19.8 Å². The molecule has 0 radical (unpaired) electrons. The van der Waals surface area contributed by atoms with E-state index < -0.39 is 0 Å². The molecule has 0 atom stereocenters. The van der Waals surface area contributed by atoms with Crippen LogP contribution < -0.4 is 10.5 Å². The van der Waals surface area contributed by atoms with Crippen LogP contribution in [0, 0.1) is 0 Å². The molecule has 0 unspecified atom stereocenters. The third-order valence-corrected chi connectivity index (χ3v) is 1.76. The van der Waals surface area contributed by atoms with Gasteiger partial charge in [0, 0.05) is 6.54 Å². The molecule has 0 heterocycles. The highest BCUT2D eigenvalue weighted by Crippen LogP contribution is 2.18. The van der Waals surface area contributed by atoms with Gasteiger partial charge in [-0.1, -0.05) is 12.1 Å². The molecule has 1 aromatic rings. The van der Waals surface area contributed by atoms with Crippen LogP contribution in [-0.4, -0.2) is 25.7 Å². The molecule has 4 nitrogen and oxygen atoms in total. The van der Waals surface area contributed by atoms with Crippen molar-refractivity contribution in [1.29, 1.82) is 0 Å². The molecule has 0 aliphatic rings. The Balaban J connectivity index is 2.80. The Hall–Kier alpha value is -1.55. The van der Waals surface area contributed by atoms with E-state index >= 15 is 0 Å². The van der Waals surface area contributed by atoms with Gasteiger partial charge in [-0.05, 0) is 19.1 Å². The van der Waals surface area contributed by atoms with Crippen LogP contribution in [0.3, 0.4) is 0 Å². The molecule has 0 saturated carbocycles. The van der Waals surface area contributed by atoms with Gasteiger partial charge < -0.3 is 15.2 Å². The average Bonchev–Trinajstić information content (AvgIpc) is 2.27. The zero-order chi connectivity index (χ0) is 11.1. The minimum Gasteiger partial charge on any atom is -0.491 e. The van der Waals surface area contributed by atoms with Crippen molar-refractivity contribution < 1.29 is 14.3 Å². The minimum atomic E-state index is -0.370. The molecule has 0 aliphatic heterocycles. The second kappa shape index (κ2) is 6.03. The van der Waals surface area contributed by atoms with Gasteiger partial charge in [0.1, 0.15) is 17.9 Å². The molecule has 0 bridgehead atoms. The molecule has 0 amide bonds. The quantitative estimate of drug-likeness (QED) is 0.740. The Morgan fingerprint density at radius 2 is 2.13 bits per heavy atom. The molecule has 1 aromatic carbocycles. The van der Waals surface area contributed by atoms with Gasteiger partial charge in [-0.3, -0.25) is 0 Å². The summed E-state index contributed by atoms with van der Waals surface area (Å²) in [6.45, 7) is 2.92. The normalized spacial score (nSPS) is 9.73. The number of nitrogens with two attached hydrogens (primary N) is 1. The first-order valence-corrected chi connectivity index (χ1v) is 4.88. The van der Waals surface area contributed by atoms with Crippen LogP contribution in [0.1, 0.15) is 17.3 Å². The van der Waals surface area contributed by atoms with E-state index in [-0.39, 0.29) is 5.97 Å². The van der Waals surface area contributed by atoms with E-state index in [1.165, 1.54) is 0 Å². The molecule has 0 saturated heterocycles. The SMILES string of the molecule is CCOC(=O)c1ccccc1OCCN. The Bertz CT molecular complexity index is 325. The lowest BCUT2D eigenvalue weighted by Crippen LogP contribution is -2.13. The summed E-state index contributed by atoms with van der Waals surface area (Å²) in [6, 6.07) is 6.96. The van der Waals surface area contributed by atoms with E-state index in [2.05, 4.69) is 0 Å². The van der Waals surface area contributed by atoms with Gasteiger partial charge in [0.05, 0.1) is 6.61 Å². The first kappa shape index (κ1) is 11.5. The summed E-state index contributed by atoms with van der Waals surface area (Å²) in [5.74, 6) is 0.145. The van der Waals surface area contributed by atoms with Crippen LogP contribution in [0.4, 0.5) is 0 Å². The molecule has 15 heavy (non-hydrogen) atoms. The van der Waals surface area contributed by atoms with Gasteiger partial charge in [-0.15, -0.1) is 0 Å². The summed E-state index contributed by atoms with van der Waals surface area (Å²) in [5, 5.41) is 0. The number of benzene rings is 1. The third kappa shape index (κ3) is 3.25. The van der Waals surface area contributed by atoms with Gasteiger partial charge in [0.15, 0.2) is 0 Å². The summed E-state index contributed by atoms with van der Waals surface area (Å²) in [5.41, 5.74) is 5.76. The van der Waals surface area contributed by atoms with E-state index in [1.807, 2.05) is 0 Å². The smallest absolute Gasteiger partial charge is 0.341 e. The highest BCUT2D eigenvalue weighted by molar-refractivity contribution is 5.92. The van der Waals surface area contributed by atoms with Crippen molar-refractivity contribution in [3.05, 3.63) is 29.8 Å². The minimum absolute atomic E-state index is 0.351. The molecule has 0 spiro atoms. The van der Waals surface area contributed by atoms with Crippen molar-refractivity contribution in [3.8, 4) is 5.75 Å². The largest absolute Gasteiger partial charge is 0.491 e. The Kier molecular flexibility index (Phi) is 4.63. The van der Waals surface area contributed by atoms with Crippen molar-refractivity contribution in [1.82, 2.24) is 0 Å². The van der Waals surface area contributed by atoms with E-state index in [4.69, 9.17) is 15.2 Å². The standard InChI is InChI=1S/C11H15NO3/c1-2-14-11(13)9-5-3-4-6-10(9)15-8-7-12/h3-6H,2,7-8,12H2,1H3. The number of carbonyl (C=O) groups is 1. The first-order valence-electron chi connectivity index (χ1n) is 4.88. The van der Waals surface area contributed by atoms with Gasteiger partial charge in [-0.2, -0.15) is 0 Å². The Labute approximate surface area is 89.0 Å². The molecular formula is C11H15NO3. The molecular weight excluding hydrogens is 194 g/mol. The summed E-state index contributed by atoms with van der Waals surface area (Å²) in [6.07, 6.45) is 0. The zero-order valence-corrected chi connectivity index (χ0v) is 8.73. The van der Waals surface area contributed by atoms with Crippen molar-refractivity contribution >= 4 is 5.97 Å². The maximum atomic E-state index is 11.5. The predicted octanol–water partition coefficient (Wildman–Crippen LogP) is 1.20. The highest BCUT2D eigenvalue weighted by atomic mass is 16.5. The third-order valence-electron chi connectivity index (χ3n) is 1.76. The Morgan fingerprint density at radius 3 is 2.80 bits per heavy atom. The number of rotatable bonds is 5. The number of ether oxygens (including phenoxy) is 2. The molecule has 0 aromatic heterocycles. The zero-order valence-electron chi connectivity index (χ0n) is 8.73. The fourth-order valence-corrected chi connectivity index (χ4v) is 1.14. The number of para-hydroxylation sites is 1. The first-order chi connectivity index (χ1) is 7.29. The lowest BCUT2D eigenvalue weighted by molar-refractivity contribution is 0.0522. The van der Waals surface area contributed by atoms with Crippen LogP contribution in [0.25, 0.3) is 0 Å². The van der Waals surface area contributed by atoms with Gasteiger partial charge in [-0.25, -0.2) is 4.79 Å². The topological polar surface area (TPSA) is 61.5 Å². The van der Waals surface area contributed by atoms with Crippen LogP contribution in [0.5, 0.6) is 5.75 Å². The van der Waals surface area contributed by atoms with Crippen LogP contribution in [0.15, 0.2) is 24.3 Å². The lowest BCUT2D eigenvalue weighted by Gasteiger charge is -2.09. The fraction of sp³-hybridized carbons (Fsp3) is 0.364. The number of hydrogen-bond acceptors (Lipinski definition) is 4. The monoisotopic (exact) mass is 209 g/mol. The van der Waals surface area contributed by atoms with Gasteiger partial charge >= 0.3 is 5.97 Å². The lowest BCUT2D eigenvalue weighted by atomic mass is 10.2. The predicted molar refractivity (Wildman–Crippen MR) is 56.9 cm³/mol. The molecule has 0 aliphatic carbocycles. The number of hydrogen-bond donors (Lipinski definition) is 1. The summed E-state index contributed by atoms with van der Waals surface area (Å²) < 4.78 is 10.2. The van der Waals surface area contributed by atoms with Crippen molar-refractivity contribution in [2.24, 2.45) is 5.73 Å². The maximum absolute atomic E-state index is 11.5. The van der Waals surface area contributed by atoms with Gasteiger partial charge in [0.25, 0.3) is 0 Å². The molecule has 2 N–H and O–H groups in total.